The Bertz CT molecular complexity index is 1520. The number of rotatable bonds is 6. The van der Waals surface area contributed by atoms with Gasteiger partial charge in [0.1, 0.15) is 17.1 Å². The van der Waals surface area contributed by atoms with E-state index in [1.807, 2.05) is 36.6 Å². The maximum atomic E-state index is 13.3. The van der Waals surface area contributed by atoms with E-state index in [-0.39, 0.29) is 18.0 Å². The average Bonchev–Trinajstić information content (AvgIpc) is 3.27. The summed E-state index contributed by atoms with van der Waals surface area (Å²) in [5.41, 5.74) is 2.19. The Balaban J connectivity index is 1.43. The van der Waals surface area contributed by atoms with Crippen LogP contribution in [0.2, 0.25) is 0 Å². The van der Waals surface area contributed by atoms with Gasteiger partial charge in [0.2, 0.25) is 5.91 Å². The summed E-state index contributed by atoms with van der Waals surface area (Å²) in [6.07, 6.45) is 1.43. The van der Waals surface area contributed by atoms with Crippen molar-refractivity contribution in [1.82, 2.24) is 9.55 Å². The van der Waals surface area contributed by atoms with E-state index in [9.17, 15) is 9.59 Å². The molecule has 0 atom stereocenters. The molecule has 0 fully saturated rings. The molecule has 6 nitrogen and oxygen atoms in total. The number of hydrogen-bond donors (Lipinski definition) is 1. The van der Waals surface area contributed by atoms with Crippen LogP contribution in [0.4, 0.5) is 5.69 Å². The van der Waals surface area contributed by atoms with Crippen molar-refractivity contribution < 1.29 is 9.53 Å². The van der Waals surface area contributed by atoms with Crippen molar-refractivity contribution in [1.29, 1.82) is 0 Å². The van der Waals surface area contributed by atoms with Crippen molar-refractivity contribution in [2.24, 2.45) is 0 Å². The van der Waals surface area contributed by atoms with E-state index in [2.05, 4.69) is 28.5 Å². The Morgan fingerprint density at radius 2 is 1.85 bits per heavy atom. The Kier molecular flexibility index (Phi) is 5.62. The smallest absolute Gasteiger partial charge is 0.263 e. The van der Waals surface area contributed by atoms with Crippen LogP contribution in [0.1, 0.15) is 6.92 Å². The van der Waals surface area contributed by atoms with Crippen LogP contribution in [0, 0.1) is 0 Å². The molecule has 0 saturated heterocycles. The van der Waals surface area contributed by atoms with Crippen LogP contribution in [0.5, 0.6) is 5.75 Å². The van der Waals surface area contributed by atoms with E-state index >= 15 is 0 Å². The van der Waals surface area contributed by atoms with Crippen LogP contribution in [-0.2, 0) is 11.3 Å². The van der Waals surface area contributed by atoms with Crippen molar-refractivity contribution in [3.63, 3.8) is 0 Å². The minimum absolute atomic E-state index is 0.123. The van der Waals surface area contributed by atoms with Crippen LogP contribution >= 0.6 is 11.3 Å². The molecule has 3 aromatic carbocycles. The monoisotopic (exact) mass is 455 g/mol. The summed E-state index contributed by atoms with van der Waals surface area (Å²) >= 11 is 1.43. The number of nitrogens with zero attached hydrogens (tertiary/aromatic N) is 2. The van der Waals surface area contributed by atoms with Gasteiger partial charge in [0.05, 0.1) is 18.3 Å². The van der Waals surface area contributed by atoms with Gasteiger partial charge in [-0.2, -0.15) is 0 Å². The number of thiophene rings is 1. The van der Waals surface area contributed by atoms with Crippen molar-refractivity contribution in [2.75, 3.05) is 11.9 Å². The quantitative estimate of drug-likeness (QED) is 0.376. The molecule has 0 bridgehead atoms. The predicted octanol–water partition coefficient (Wildman–Crippen LogP) is 5.32. The second-order valence-corrected chi connectivity index (χ2v) is 8.43. The van der Waals surface area contributed by atoms with E-state index in [0.29, 0.717) is 22.5 Å². The number of hydrogen-bond acceptors (Lipinski definition) is 5. The van der Waals surface area contributed by atoms with Gasteiger partial charge in [-0.05, 0) is 53.6 Å². The first-order valence-corrected chi connectivity index (χ1v) is 11.5. The standard InChI is InChI=1S/C26H21N3O3S/c1-2-32-21-11-9-20(10-12-21)28-23(30)14-29-16-27-25-24(26(29)31)22(15-33-25)19-8-7-17-5-3-4-6-18(17)13-19/h3-13,15-16H,2,14H2,1H3,(H,28,30). The number of fused-ring (bicyclic) bond motifs is 2. The summed E-state index contributed by atoms with van der Waals surface area (Å²) < 4.78 is 6.77. The van der Waals surface area contributed by atoms with E-state index in [1.165, 1.54) is 22.2 Å². The average molecular weight is 456 g/mol. The third kappa shape index (κ3) is 4.23. The Labute approximate surface area is 194 Å². The highest BCUT2D eigenvalue weighted by Crippen LogP contribution is 2.32. The van der Waals surface area contributed by atoms with Gasteiger partial charge in [0, 0.05) is 16.6 Å². The van der Waals surface area contributed by atoms with Crippen molar-refractivity contribution in [3.05, 3.63) is 88.8 Å². The lowest BCUT2D eigenvalue weighted by Gasteiger charge is -2.09. The normalized spacial score (nSPS) is 11.1. The number of amides is 1. The fourth-order valence-electron chi connectivity index (χ4n) is 3.81. The van der Waals surface area contributed by atoms with Gasteiger partial charge in [-0.3, -0.25) is 14.2 Å². The predicted molar refractivity (Wildman–Crippen MR) is 133 cm³/mol. The molecule has 0 spiro atoms. The minimum atomic E-state index is -0.301. The first-order chi connectivity index (χ1) is 16.1. The molecule has 1 amide bonds. The highest BCUT2D eigenvalue weighted by Gasteiger charge is 2.15. The van der Waals surface area contributed by atoms with E-state index < -0.39 is 0 Å². The van der Waals surface area contributed by atoms with Crippen molar-refractivity contribution in [3.8, 4) is 16.9 Å². The van der Waals surface area contributed by atoms with Crippen LogP contribution in [-0.4, -0.2) is 22.1 Å². The molecule has 1 N–H and O–H groups in total. The maximum Gasteiger partial charge on any atom is 0.263 e. The molecule has 164 valence electrons. The van der Waals surface area contributed by atoms with Crippen LogP contribution in [0.3, 0.4) is 0 Å². The van der Waals surface area contributed by atoms with E-state index in [4.69, 9.17) is 4.74 Å². The molecule has 0 aliphatic rings. The van der Waals surface area contributed by atoms with E-state index in [1.54, 1.807) is 24.3 Å². The summed E-state index contributed by atoms with van der Waals surface area (Å²) in [7, 11) is 0. The lowest BCUT2D eigenvalue weighted by atomic mass is 10.0. The fraction of sp³-hybridized carbons (Fsp3) is 0.115. The van der Waals surface area contributed by atoms with Crippen LogP contribution < -0.4 is 15.6 Å². The number of anilines is 1. The molecule has 7 heteroatoms. The van der Waals surface area contributed by atoms with Gasteiger partial charge in [0.15, 0.2) is 0 Å². The summed E-state index contributed by atoms with van der Waals surface area (Å²) in [6.45, 7) is 2.37. The molecule has 2 heterocycles. The van der Waals surface area contributed by atoms with Gasteiger partial charge >= 0.3 is 0 Å². The number of aromatic nitrogens is 2. The number of nitrogens with one attached hydrogen (secondary N) is 1. The maximum absolute atomic E-state index is 13.3. The highest BCUT2D eigenvalue weighted by atomic mass is 32.1. The first-order valence-electron chi connectivity index (χ1n) is 10.6. The molecular formula is C26H21N3O3S. The second kappa shape index (κ2) is 8.88. The Hall–Kier alpha value is -3.97. The Morgan fingerprint density at radius 1 is 1.06 bits per heavy atom. The summed E-state index contributed by atoms with van der Waals surface area (Å²) in [5, 5.41) is 7.55. The highest BCUT2D eigenvalue weighted by molar-refractivity contribution is 7.17. The molecule has 0 saturated carbocycles. The molecule has 33 heavy (non-hydrogen) atoms. The lowest BCUT2D eigenvalue weighted by Crippen LogP contribution is -2.27. The molecule has 0 radical (unpaired) electrons. The SMILES string of the molecule is CCOc1ccc(NC(=O)Cn2cnc3scc(-c4ccc5ccccc5c4)c3c2=O)cc1. The van der Waals surface area contributed by atoms with E-state index in [0.717, 1.165) is 27.6 Å². The summed E-state index contributed by atoms with van der Waals surface area (Å²) in [5.74, 6) is 0.435. The first kappa shape index (κ1) is 20.9. The zero-order chi connectivity index (χ0) is 22.8. The van der Waals surface area contributed by atoms with Crippen LogP contribution in [0.15, 0.2) is 83.2 Å². The molecular weight excluding hydrogens is 434 g/mol. The summed E-state index contributed by atoms with van der Waals surface area (Å²) in [6, 6.07) is 21.4. The van der Waals surface area contributed by atoms with Gasteiger partial charge in [-0.25, -0.2) is 4.98 Å². The largest absolute Gasteiger partial charge is 0.494 e. The van der Waals surface area contributed by atoms with Gasteiger partial charge in [-0.1, -0.05) is 36.4 Å². The van der Waals surface area contributed by atoms with Crippen molar-refractivity contribution >= 4 is 43.9 Å². The number of carbonyl (C=O) groups is 1. The zero-order valence-electron chi connectivity index (χ0n) is 17.9. The number of ether oxygens (including phenoxy) is 1. The summed E-state index contributed by atoms with van der Waals surface area (Å²) in [4.78, 5) is 31.0. The molecule has 0 unspecified atom stereocenters. The number of benzene rings is 3. The second-order valence-electron chi connectivity index (χ2n) is 7.57. The molecule has 0 aliphatic carbocycles. The lowest BCUT2D eigenvalue weighted by molar-refractivity contribution is -0.116. The third-order valence-electron chi connectivity index (χ3n) is 5.38. The topological polar surface area (TPSA) is 73.2 Å². The Morgan fingerprint density at radius 3 is 2.64 bits per heavy atom. The minimum Gasteiger partial charge on any atom is -0.494 e. The molecule has 2 aromatic heterocycles. The zero-order valence-corrected chi connectivity index (χ0v) is 18.8. The number of carbonyl (C=O) groups excluding carboxylic acids is 1. The fourth-order valence-corrected chi connectivity index (χ4v) is 4.71. The molecule has 5 rings (SSSR count). The third-order valence-corrected chi connectivity index (χ3v) is 6.27. The van der Waals surface area contributed by atoms with Gasteiger partial charge in [-0.15, -0.1) is 11.3 Å². The molecule has 5 aromatic rings. The van der Waals surface area contributed by atoms with Crippen molar-refractivity contribution in [2.45, 2.75) is 13.5 Å². The van der Waals surface area contributed by atoms with Gasteiger partial charge in [0.25, 0.3) is 5.56 Å². The van der Waals surface area contributed by atoms with Crippen LogP contribution in [0.25, 0.3) is 32.1 Å². The molecule has 0 aliphatic heterocycles. The van der Waals surface area contributed by atoms with Gasteiger partial charge < -0.3 is 10.1 Å².